The Kier molecular flexibility index (Phi) is 11.3. The number of rotatable bonds is 14. The maximum Gasteiger partial charge on any atom is 0.220 e. The summed E-state index contributed by atoms with van der Waals surface area (Å²) in [5, 5.41) is 23.2. The third kappa shape index (κ3) is 7.86. The van der Waals surface area contributed by atoms with Gasteiger partial charge in [0.15, 0.2) is 11.6 Å². The van der Waals surface area contributed by atoms with E-state index in [1.54, 1.807) is 39.6 Å². The number of carbonyl (C=O) groups is 1. The minimum Gasteiger partial charge on any atom is -0.493 e. The van der Waals surface area contributed by atoms with E-state index in [9.17, 15) is 9.90 Å². The smallest absolute Gasteiger partial charge is 0.220 e. The molecule has 5 rings (SSSR count). The lowest BCUT2D eigenvalue weighted by Gasteiger charge is -2.17. The standard InChI is InChI=1S/C33H37Cl2N7O4/c1-19(43)15-36-16-20-11-13-39-32(31(20)45-2)41-26-6-4-5-24(28(26)34)30-29(35)23(12-14-38-30)25-9-7-21(33(42-25)46-3)17-37-18-22-8-10-27(44)40-22/h4-7,9,11-14,19,22,36-37,43H,8,10,15-18H2,1-3H3,(H,39,41)(H,40,44)/t19-,22+/m1/s1. The van der Waals surface area contributed by atoms with E-state index in [0.717, 1.165) is 17.5 Å². The Morgan fingerprint density at radius 2 is 1.78 bits per heavy atom. The Labute approximate surface area is 278 Å². The maximum absolute atomic E-state index is 11.5. The molecule has 0 bridgehead atoms. The number of carbonyl (C=O) groups excluding carboxylic acids is 1. The first-order valence-electron chi connectivity index (χ1n) is 14.9. The van der Waals surface area contributed by atoms with Crippen molar-refractivity contribution < 1.29 is 19.4 Å². The fourth-order valence-electron chi connectivity index (χ4n) is 5.27. The first-order chi connectivity index (χ1) is 22.3. The molecule has 3 aromatic heterocycles. The molecule has 0 unspecified atom stereocenters. The predicted octanol–water partition coefficient (Wildman–Crippen LogP) is 5.11. The Morgan fingerprint density at radius 1 is 0.978 bits per heavy atom. The van der Waals surface area contributed by atoms with E-state index in [-0.39, 0.29) is 11.9 Å². The topological polar surface area (TPSA) is 143 Å². The molecule has 46 heavy (non-hydrogen) atoms. The lowest BCUT2D eigenvalue weighted by Crippen LogP contribution is -2.35. The highest BCUT2D eigenvalue weighted by molar-refractivity contribution is 6.39. The predicted molar refractivity (Wildman–Crippen MR) is 180 cm³/mol. The third-order valence-corrected chi connectivity index (χ3v) is 8.33. The number of benzene rings is 1. The van der Waals surface area contributed by atoms with Crippen molar-refractivity contribution in [3.8, 4) is 34.1 Å². The van der Waals surface area contributed by atoms with Crippen molar-refractivity contribution in [2.75, 3.05) is 32.6 Å². The molecule has 13 heteroatoms. The van der Waals surface area contributed by atoms with E-state index in [0.29, 0.717) is 88.3 Å². The SMILES string of the molecule is COc1nc(-c2ccnc(-c3cccc(Nc4nccc(CNC[C@@H](C)O)c4OC)c3Cl)c2Cl)ccc1CNC[C@@H]1CCC(=O)N1. The van der Waals surface area contributed by atoms with Crippen molar-refractivity contribution in [3.05, 3.63) is 76.0 Å². The zero-order valence-corrected chi connectivity index (χ0v) is 27.4. The number of methoxy groups -OCH3 is 2. The molecule has 1 amide bonds. The van der Waals surface area contributed by atoms with Gasteiger partial charge in [0.2, 0.25) is 11.8 Å². The third-order valence-electron chi connectivity index (χ3n) is 7.54. The average Bonchev–Trinajstić information content (AvgIpc) is 3.47. The minimum absolute atomic E-state index is 0.0917. The molecule has 0 spiro atoms. The molecule has 0 aliphatic carbocycles. The van der Waals surface area contributed by atoms with Crippen molar-refractivity contribution in [2.45, 2.75) is 45.0 Å². The normalized spacial score (nSPS) is 15.0. The minimum atomic E-state index is -0.468. The number of ether oxygens (including phenoxy) is 2. The number of aromatic nitrogens is 3. The molecule has 4 heterocycles. The van der Waals surface area contributed by atoms with E-state index in [1.165, 1.54) is 0 Å². The lowest BCUT2D eigenvalue weighted by molar-refractivity contribution is -0.119. The fourth-order valence-corrected chi connectivity index (χ4v) is 5.84. The molecule has 1 aromatic carbocycles. The van der Waals surface area contributed by atoms with Gasteiger partial charge in [-0.3, -0.25) is 9.78 Å². The number of halogens is 2. The molecular formula is C33H37Cl2N7O4. The van der Waals surface area contributed by atoms with E-state index < -0.39 is 6.10 Å². The largest absolute Gasteiger partial charge is 0.493 e. The highest BCUT2D eigenvalue weighted by Gasteiger charge is 2.21. The Hall–Kier alpha value is -4.00. The molecule has 1 aliphatic heterocycles. The number of hydrogen-bond acceptors (Lipinski definition) is 10. The van der Waals surface area contributed by atoms with Crippen LogP contribution in [0.5, 0.6) is 11.6 Å². The number of aliphatic hydroxyl groups excluding tert-OH is 1. The Balaban J connectivity index is 1.37. The summed E-state index contributed by atoms with van der Waals surface area (Å²) in [5.74, 6) is 1.62. The number of anilines is 2. The zero-order chi connectivity index (χ0) is 32.6. The first kappa shape index (κ1) is 33.4. The molecule has 1 saturated heterocycles. The van der Waals surface area contributed by atoms with Crippen LogP contribution < -0.4 is 30.7 Å². The van der Waals surface area contributed by atoms with Gasteiger partial charge >= 0.3 is 0 Å². The van der Waals surface area contributed by atoms with E-state index in [1.807, 2.05) is 36.4 Å². The van der Waals surface area contributed by atoms with Gasteiger partial charge < -0.3 is 35.8 Å². The van der Waals surface area contributed by atoms with Gasteiger partial charge in [0.05, 0.1) is 47.4 Å². The molecule has 5 N–H and O–H groups in total. The van der Waals surface area contributed by atoms with Crippen LogP contribution in [0.1, 0.15) is 30.9 Å². The van der Waals surface area contributed by atoms with Gasteiger partial charge in [-0.05, 0) is 37.6 Å². The van der Waals surface area contributed by atoms with Crippen LogP contribution in [0.15, 0.2) is 54.9 Å². The molecule has 1 aliphatic rings. The van der Waals surface area contributed by atoms with Gasteiger partial charge in [0, 0.05) is 73.3 Å². The molecule has 1 fully saturated rings. The van der Waals surface area contributed by atoms with E-state index in [4.69, 9.17) is 37.7 Å². The maximum atomic E-state index is 11.5. The highest BCUT2D eigenvalue weighted by atomic mass is 35.5. The molecule has 0 radical (unpaired) electrons. The van der Waals surface area contributed by atoms with Crippen LogP contribution >= 0.6 is 23.2 Å². The Morgan fingerprint density at radius 3 is 2.52 bits per heavy atom. The van der Waals surface area contributed by atoms with Gasteiger partial charge in [0.1, 0.15) is 0 Å². The van der Waals surface area contributed by atoms with Crippen molar-refractivity contribution in [1.29, 1.82) is 0 Å². The summed E-state index contributed by atoms with van der Waals surface area (Å²) in [6, 6.07) is 13.2. The molecule has 2 atom stereocenters. The number of pyridine rings is 3. The summed E-state index contributed by atoms with van der Waals surface area (Å²) < 4.78 is 11.3. The highest BCUT2D eigenvalue weighted by Crippen LogP contribution is 2.41. The quantitative estimate of drug-likeness (QED) is 0.123. The van der Waals surface area contributed by atoms with Crippen molar-refractivity contribution in [2.24, 2.45) is 0 Å². The molecule has 4 aromatic rings. The molecule has 242 valence electrons. The van der Waals surface area contributed by atoms with Crippen LogP contribution in [0.4, 0.5) is 11.5 Å². The van der Waals surface area contributed by atoms with Gasteiger partial charge in [-0.1, -0.05) is 41.4 Å². The second-order valence-corrected chi connectivity index (χ2v) is 11.7. The van der Waals surface area contributed by atoms with Crippen LogP contribution in [0.3, 0.4) is 0 Å². The van der Waals surface area contributed by atoms with Crippen LogP contribution in [-0.2, 0) is 17.9 Å². The summed E-state index contributed by atoms with van der Waals surface area (Å²) in [6.07, 6.45) is 4.27. The van der Waals surface area contributed by atoms with Crippen molar-refractivity contribution in [1.82, 2.24) is 30.9 Å². The lowest BCUT2D eigenvalue weighted by atomic mass is 10.1. The number of aliphatic hydroxyl groups is 1. The average molecular weight is 667 g/mol. The number of nitrogens with one attached hydrogen (secondary N) is 4. The molecule has 0 saturated carbocycles. The van der Waals surface area contributed by atoms with Crippen LogP contribution in [0, 0.1) is 0 Å². The summed E-state index contributed by atoms with van der Waals surface area (Å²) in [7, 11) is 3.16. The second-order valence-electron chi connectivity index (χ2n) is 10.9. The number of hydrogen-bond donors (Lipinski definition) is 5. The van der Waals surface area contributed by atoms with Crippen LogP contribution in [0.25, 0.3) is 22.5 Å². The van der Waals surface area contributed by atoms with Crippen LogP contribution in [0.2, 0.25) is 10.0 Å². The van der Waals surface area contributed by atoms with Gasteiger partial charge in [-0.2, -0.15) is 0 Å². The second kappa shape index (κ2) is 15.5. The molecule has 11 nitrogen and oxygen atoms in total. The fraction of sp³-hybridized carbons (Fsp3) is 0.333. The van der Waals surface area contributed by atoms with Crippen molar-refractivity contribution in [3.63, 3.8) is 0 Å². The van der Waals surface area contributed by atoms with E-state index >= 15 is 0 Å². The first-order valence-corrected chi connectivity index (χ1v) is 15.7. The molecular weight excluding hydrogens is 629 g/mol. The van der Waals surface area contributed by atoms with E-state index in [2.05, 4.69) is 31.2 Å². The van der Waals surface area contributed by atoms with Gasteiger partial charge in [0.25, 0.3) is 0 Å². The number of nitrogens with zero attached hydrogens (tertiary/aromatic N) is 3. The summed E-state index contributed by atoms with van der Waals surface area (Å²) in [4.78, 5) is 25.3. The van der Waals surface area contributed by atoms with Gasteiger partial charge in [-0.25, -0.2) is 9.97 Å². The van der Waals surface area contributed by atoms with Gasteiger partial charge in [-0.15, -0.1) is 0 Å². The monoisotopic (exact) mass is 665 g/mol. The summed E-state index contributed by atoms with van der Waals surface area (Å²) in [5.41, 5.74) is 4.77. The zero-order valence-electron chi connectivity index (χ0n) is 25.9. The summed E-state index contributed by atoms with van der Waals surface area (Å²) in [6.45, 7) is 3.86. The Bertz CT molecular complexity index is 1690. The van der Waals surface area contributed by atoms with Crippen molar-refractivity contribution >= 4 is 40.6 Å². The number of amides is 1. The van der Waals surface area contributed by atoms with Crippen LogP contribution in [-0.4, -0.2) is 65.4 Å². The summed E-state index contributed by atoms with van der Waals surface area (Å²) >= 11 is 13.9.